The van der Waals surface area contributed by atoms with Crippen LogP contribution in [0.3, 0.4) is 0 Å². The quantitative estimate of drug-likeness (QED) is 0.618. The van der Waals surface area contributed by atoms with Crippen molar-refractivity contribution < 1.29 is 14.3 Å². The first-order chi connectivity index (χ1) is 9.74. The number of Topliss-reactive ketones (excluding diaryl/α,β-unsaturated/α-hetero) is 1. The largest absolute Gasteiger partial charge is 0.423 e. The second-order valence-electron chi connectivity index (χ2n) is 4.85. The molecule has 0 heterocycles. The van der Waals surface area contributed by atoms with Gasteiger partial charge in [0.15, 0.2) is 5.78 Å². The number of carbonyl (C=O) groups is 2. The molecule has 0 saturated carbocycles. The van der Waals surface area contributed by atoms with Crippen molar-refractivity contribution in [3.8, 4) is 5.75 Å². The van der Waals surface area contributed by atoms with Gasteiger partial charge in [0, 0.05) is 12.0 Å². The summed E-state index contributed by atoms with van der Waals surface area (Å²) in [6.07, 6.45) is 2.33. The second-order valence-corrected chi connectivity index (χ2v) is 4.85. The van der Waals surface area contributed by atoms with Crippen molar-refractivity contribution in [2.24, 2.45) is 0 Å². The van der Waals surface area contributed by atoms with Crippen LogP contribution >= 0.6 is 0 Å². The molecule has 0 atom stereocenters. The SMILES string of the molecule is O=C(Oc1ccc2c(c1)CCCC2=O)c1ccccc1. The fourth-order valence-electron chi connectivity index (χ4n) is 2.43. The van der Waals surface area contributed by atoms with Crippen molar-refractivity contribution in [3.05, 3.63) is 65.2 Å². The second kappa shape index (κ2) is 5.29. The van der Waals surface area contributed by atoms with E-state index >= 15 is 0 Å². The van der Waals surface area contributed by atoms with E-state index in [1.165, 1.54) is 0 Å². The molecule has 0 bridgehead atoms. The summed E-state index contributed by atoms with van der Waals surface area (Å²) in [5.41, 5.74) is 2.25. The average Bonchev–Trinajstić information content (AvgIpc) is 2.48. The third-order valence-electron chi connectivity index (χ3n) is 3.45. The van der Waals surface area contributed by atoms with Crippen LogP contribution in [0, 0.1) is 0 Å². The molecule has 0 unspecified atom stereocenters. The summed E-state index contributed by atoms with van der Waals surface area (Å²) in [6.45, 7) is 0. The van der Waals surface area contributed by atoms with Gasteiger partial charge in [-0.25, -0.2) is 4.79 Å². The van der Waals surface area contributed by atoms with E-state index in [1.54, 1.807) is 42.5 Å². The molecule has 2 aromatic carbocycles. The Morgan fingerprint density at radius 1 is 1.00 bits per heavy atom. The molecule has 20 heavy (non-hydrogen) atoms. The molecule has 0 spiro atoms. The van der Waals surface area contributed by atoms with Crippen LogP contribution in [0.1, 0.15) is 39.1 Å². The van der Waals surface area contributed by atoms with Gasteiger partial charge < -0.3 is 4.74 Å². The third kappa shape index (κ3) is 2.48. The smallest absolute Gasteiger partial charge is 0.343 e. The summed E-state index contributed by atoms with van der Waals surface area (Å²) < 4.78 is 5.35. The first-order valence-corrected chi connectivity index (χ1v) is 6.67. The van der Waals surface area contributed by atoms with Gasteiger partial charge in [-0.3, -0.25) is 4.79 Å². The van der Waals surface area contributed by atoms with Crippen molar-refractivity contribution in [2.45, 2.75) is 19.3 Å². The monoisotopic (exact) mass is 266 g/mol. The van der Waals surface area contributed by atoms with Gasteiger partial charge in [0.25, 0.3) is 0 Å². The normalized spacial score (nSPS) is 13.7. The van der Waals surface area contributed by atoms with E-state index in [0.29, 0.717) is 17.7 Å². The number of aryl methyl sites for hydroxylation is 1. The van der Waals surface area contributed by atoms with E-state index in [4.69, 9.17) is 4.74 Å². The highest BCUT2D eigenvalue weighted by Crippen LogP contribution is 2.25. The number of carbonyl (C=O) groups excluding carboxylic acids is 2. The van der Waals surface area contributed by atoms with Crippen molar-refractivity contribution >= 4 is 11.8 Å². The third-order valence-corrected chi connectivity index (χ3v) is 3.45. The number of hydrogen-bond acceptors (Lipinski definition) is 3. The highest BCUT2D eigenvalue weighted by atomic mass is 16.5. The number of esters is 1. The molecule has 1 aliphatic rings. The predicted molar refractivity (Wildman–Crippen MR) is 75.1 cm³/mol. The van der Waals surface area contributed by atoms with Gasteiger partial charge in [0.05, 0.1) is 5.56 Å². The maximum Gasteiger partial charge on any atom is 0.343 e. The Labute approximate surface area is 117 Å². The van der Waals surface area contributed by atoms with Crippen LogP contribution in [0.25, 0.3) is 0 Å². The Morgan fingerprint density at radius 3 is 2.60 bits per heavy atom. The molecule has 0 fully saturated rings. The molecule has 1 aliphatic carbocycles. The van der Waals surface area contributed by atoms with Crippen molar-refractivity contribution in [1.82, 2.24) is 0 Å². The molecule has 0 N–H and O–H groups in total. The van der Waals surface area contributed by atoms with Crippen LogP contribution in [0.4, 0.5) is 0 Å². The lowest BCUT2D eigenvalue weighted by atomic mass is 9.90. The van der Waals surface area contributed by atoms with Crippen molar-refractivity contribution in [1.29, 1.82) is 0 Å². The molecular formula is C17H14O3. The average molecular weight is 266 g/mol. The van der Waals surface area contributed by atoms with E-state index in [0.717, 1.165) is 24.0 Å². The number of ether oxygens (including phenoxy) is 1. The summed E-state index contributed by atoms with van der Waals surface area (Å²) in [6, 6.07) is 14.1. The van der Waals surface area contributed by atoms with Crippen LogP contribution in [-0.4, -0.2) is 11.8 Å². The number of ketones is 1. The van der Waals surface area contributed by atoms with E-state index in [-0.39, 0.29) is 11.8 Å². The molecule has 3 heteroatoms. The highest BCUT2D eigenvalue weighted by molar-refractivity contribution is 5.98. The summed E-state index contributed by atoms with van der Waals surface area (Å²) in [5.74, 6) is 0.284. The van der Waals surface area contributed by atoms with Crippen LogP contribution in [0.5, 0.6) is 5.75 Å². The number of rotatable bonds is 2. The number of fused-ring (bicyclic) bond motifs is 1. The summed E-state index contributed by atoms with van der Waals surface area (Å²) in [4.78, 5) is 23.7. The highest BCUT2D eigenvalue weighted by Gasteiger charge is 2.18. The van der Waals surface area contributed by atoms with Gasteiger partial charge in [0.1, 0.15) is 5.75 Å². The van der Waals surface area contributed by atoms with E-state index in [9.17, 15) is 9.59 Å². The number of hydrogen-bond donors (Lipinski definition) is 0. The maximum absolute atomic E-state index is 12.0. The molecule has 100 valence electrons. The van der Waals surface area contributed by atoms with Crippen LogP contribution in [-0.2, 0) is 6.42 Å². The molecular weight excluding hydrogens is 252 g/mol. The topological polar surface area (TPSA) is 43.4 Å². The van der Waals surface area contributed by atoms with Gasteiger partial charge in [-0.05, 0) is 48.7 Å². The summed E-state index contributed by atoms with van der Waals surface area (Å²) >= 11 is 0. The molecule has 3 rings (SSSR count). The van der Waals surface area contributed by atoms with Gasteiger partial charge in [0.2, 0.25) is 0 Å². The standard InChI is InChI=1S/C17H14O3/c18-16-8-4-7-13-11-14(9-10-15(13)16)20-17(19)12-5-2-1-3-6-12/h1-3,5-6,9-11H,4,7-8H2. The minimum atomic E-state index is -0.382. The lowest BCUT2D eigenvalue weighted by Crippen LogP contribution is -2.12. The lowest BCUT2D eigenvalue weighted by Gasteiger charge is -2.15. The zero-order chi connectivity index (χ0) is 13.9. The fourth-order valence-corrected chi connectivity index (χ4v) is 2.43. The molecule has 2 aromatic rings. The predicted octanol–water partition coefficient (Wildman–Crippen LogP) is 3.42. The van der Waals surface area contributed by atoms with Gasteiger partial charge in [-0.15, -0.1) is 0 Å². The van der Waals surface area contributed by atoms with Crippen molar-refractivity contribution in [3.63, 3.8) is 0 Å². The van der Waals surface area contributed by atoms with Gasteiger partial charge >= 0.3 is 5.97 Å². The molecule has 0 aliphatic heterocycles. The van der Waals surface area contributed by atoms with Crippen LogP contribution < -0.4 is 4.74 Å². The molecule has 3 nitrogen and oxygen atoms in total. The Balaban J connectivity index is 1.82. The summed E-state index contributed by atoms with van der Waals surface area (Å²) in [7, 11) is 0. The lowest BCUT2D eigenvalue weighted by molar-refractivity contribution is 0.0734. The van der Waals surface area contributed by atoms with Gasteiger partial charge in [-0.1, -0.05) is 18.2 Å². The van der Waals surface area contributed by atoms with Gasteiger partial charge in [-0.2, -0.15) is 0 Å². The first kappa shape index (κ1) is 12.6. The van der Waals surface area contributed by atoms with Crippen LogP contribution in [0.2, 0.25) is 0 Å². The Bertz CT molecular complexity index is 659. The van der Waals surface area contributed by atoms with Crippen molar-refractivity contribution in [2.75, 3.05) is 0 Å². The Hall–Kier alpha value is -2.42. The van der Waals surface area contributed by atoms with E-state index in [2.05, 4.69) is 0 Å². The van der Waals surface area contributed by atoms with E-state index in [1.807, 2.05) is 6.07 Å². The maximum atomic E-state index is 12.0. The molecule has 0 amide bonds. The Morgan fingerprint density at radius 2 is 1.80 bits per heavy atom. The zero-order valence-corrected chi connectivity index (χ0v) is 11.0. The molecule has 0 saturated heterocycles. The number of benzene rings is 2. The fraction of sp³-hybridized carbons (Fsp3) is 0.176. The zero-order valence-electron chi connectivity index (χ0n) is 11.0. The van der Waals surface area contributed by atoms with Crippen LogP contribution in [0.15, 0.2) is 48.5 Å². The molecule has 0 radical (unpaired) electrons. The molecule has 0 aromatic heterocycles. The summed E-state index contributed by atoms with van der Waals surface area (Å²) in [5, 5.41) is 0. The first-order valence-electron chi connectivity index (χ1n) is 6.67. The Kier molecular flexibility index (Phi) is 3.33. The minimum Gasteiger partial charge on any atom is -0.423 e. The van der Waals surface area contributed by atoms with E-state index < -0.39 is 0 Å². The minimum absolute atomic E-state index is 0.173.